The summed E-state index contributed by atoms with van der Waals surface area (Å²) in [6.07, 6.45) is 1.94. The van der Waals surface area contributed by atoms with Crippen LogP contribution in [-0.4, -0.2) is 46.2 Å². The number of benzene rings is 1. The fourth-order valence-electron chi connectivity index (χ4n) is 2.75. The van der Waals surface area contributed by atoms with Crippen molar-refractivity contribution in [2.24, 2.45) is 5.92 Å². The van der Waals surface area contributed by atoms with E-state index in [2.05, 4.69) is 5.32 Å². The maximum atomic E-state index is 12.2. The summed E-state index contributed by atoms with van der Waals surface area (Å²) in [5.74, 6) is -1.11. The van der Waals surface area contributed by atoms with Gasteiger partial charge in [0.2, 0.25) is 0 Å². The summed E-state index contributed by atoms with van der Waals surface area (Å²) >= 11 is 0. The summed E-state index contributed by atoms with van der Waals surface area (Å²) in [5, 5.41) is 21.4. The molecule has 1 saturated heterocycles. The highest BCUT2D eigenvalue weighted by atomic mass is 16.4. The number of aliphatic carboxylic acids is 1. The number of urea groups is 1. The number of carboxylic acid groups (broad SMARTS) is 1. The number of phenols is 1. The third kappa shape index (κ3) is 4.38. The van der Waals surface area contributed by atoms with Crippen LogP contribution in [0.15, 0.2) is 24.3 Å². The van der Waals surface area contributed by atoms with Gasteiger partial charge in [-0.2, -0.15) is 0 Å². The molecule has 0 radical (unpaired) electrons. The van der Waals surface area contributed by atoms with Crippen molar-refractivity contribution in [3.8, 4) is 5.75 Å². The number of amides is 2. The highest BCUT2D eigenvalue weighted by Crippen LogP contribution is 2.17. The number of carbonyl (C=O) groups excluding carboxylic acids is 1. The summed E-state index contributed by atoms with van der Waals surface area (Å²) in [6.45, 7) is 2.75. The van der Waals surface area contributed by atoms with Crippen LogP contribution in [0.3, 0.4) is 0 Å². The zero-order valence-corrected chi connectivity index (χ0v) is 12.7. The van der Waals surface area contributed by atoms with E-state index >= 15 is 0 Å². The van der Waals surface area contributed by atoms with E-state index in [0.29, 0.717) is 25.8 Å². The molecule has 0 aromatic heterocycles. The Hall–Kier alpha value is -2.24. The first-order valence-corrected chi connectivity index (χ1v) is 7.52. The van der Waals surface area contributed by atoms with Crippen molar-refractivity contribution in [1.82, 2.24) is 10.2 Å². The molecule has 1 aromatic rings. The van der Waals surface area contributed by atoms with Gasteiger partial charge in [-0.15, -0.1) is 0 Å². The van der Waals surface area contributed by atoms with Crippen LogP contribution in [-0.2, 0) is 11.2 Å². The standard InChI is InChI=1S/C16H22N2O4/c1-11(8-12-4-2-6-14(19)9-12)17-16(22)18-7-3-5-13(10-18)15(20)21/h2,4,6,9,11,13,19H,3,5,7-8,10H2,1H3,(H,17,22)(H,20,21). The molecule has 0 saturated carbocycles. The first kappa shape index (κ1) is 16.1. The molecule has 0 aliphatic carbocycles. The first-order chi connectivity index (χ1) is 10.5. The van der Waals surface area contributed by atoms with Gasteiger partial charge in [0, 0.05) is 19.1 Å². The minimum atomic E-state index is -0.842. The summed E-state index contributed by atoms with van der Waals surface area (Å²) in [5.41, 5.74) is 0.940. The van der Waals surface area contributed by atoms with Gasteiger partial charge in [-0.25, -0.2) is 4.79 Å². The van der Waals surface area contributed by atoms with Gasteiger partial charge in [-0.1, -0.05) is 12.1 Å². The van der Waals surface area contributed by atoms with E-state index in [-0.39, 0.29) is 24.4 Å². The summed E-state index contributed by atoms with van der Waals surface area (Å²) in [4.78, 5) is 24.8. The minimum absolute atomic E-state index is 0.0977. The lowest BCUT2D eigenvalue weighted by Crippen LogP contribution is -2.49. The predicted octanol–water partition coefficient (Wildman–Crippen LogP) is 1.83. The number of piperidine rings is 1. The molecule has 2 rings (SSSR count). The Labute approximate surface area is 129 Å². The molecule has 1 aromatic carbocycles. The van der Waals surface area contributed by atoms with Gasteiger partial charge >= 0.3 is 12.0 Å². The second-order valence-electron chi connectivity index (χ2n) is 5.85. The second kappa shape index (κ2) is 7.15. The molecule has 2 unspecified atom stereocenters. The number of nitrogens with zero attached hydrogens (tertiary/aromatic N) is 1. The predicted molar refractivity (Wildman–Crippen MR) is 81.7 cm³/mol. The number of hydrogen-bond donors (Lipinski definition) is 3. The number of aromatic hydroxyl groups is 1. The van der Waals surface area contributed by atoms with Crippen molar-refractivity contribution in [3.05, 3.63) is 29.8 Å². The smallest absolute Gasteiger partial charge is 0.317 e. The molecule has 2 amide bonds. The van der Waals surface area contributed by atoms with Gasteiger partial charge < -0.3 is 20.4 Å². The molecule has 0 bridgehead atoms. The Kier molecular flexibility index (Phi) is 5.25. The van der Waals surface area contributed by atoms with Crippen LogP contribution in [0, 0.1) is 5.92 Å². The molecule has 2 atom stereocenters. The van der Waals surface area contributed by atoms with E-state index in [1.807, 2.05) is 13.0 Å². The van der Waals surface area contributed by atoms with Crippen LogP contribution in [0.1, 0.15) is 25.3 Å². The van der Waals surface area contributed by atoms with Crippen LogP contribution in [0.2, 0.25) is 0 Å². The number of hydrogen-bond acceptors (Lipinski definition) is 3. The summed E-state index contributed by atoms with van der Waals surface area (Å²) in [7, 11) is 0. The maximum absolute atomic E-state index is 12.2. The molecule has 1 fully saturated rings. The Morgan fingerprint density at radius 1 is 1.45 bits per heavy atom. The van der Waals surface area contributed by atoms with Crippen LogP contribution in [0.5, 0.6) is 5.75 Å². The van der Waals surface area contributed by atoms with Gasteiger partial charge in [0.25, 0.3) is 0 Å². The van der Waals surface area contributed by atoms with E-state index in [1.54, 1.807) is 23.1 Å². The average molecular weight is 306 g/mol. The lowest BCUT2D eigenvalue weighted by atomic mass is 9.98. The molecular formula is C16H22N2O4. The molecular weight excluding hydrogens is 284 g/mol. The van der Waals surface area contributed by atoms with E-state index in [9.17, 15) is 14.7 Å². The van der Waals surface area contributed by atoms with Crippen molar-refractivity contribution < 1.29 is 19.8 Å². The van der Waals surface area contributed by atoms with Crippen LogP contribution in [0.25, 0.3) is 0 Å². The number of carbonyl (C=O) groups is 2. The van der Waals surface area contributed by atoms with Gasteiger partial charge in [-0.3, -0.25) is 4.79 Å². The normalized spacial score (nSPS) is 19.5. The summed E-state index contributed by atoms with van der Waals surface area (Å²) < 4.78 is 0. The molecule has 22 heavy (non-hydrogen) atoms. The number of phenolic OH excluding ortho intramolecular Hbond substituents is 1. The van der Waals surface area contributed by atoms with Crippen molar-refractivity contribution >= 4 is 12.0 Å². The monoisotopic (exact) mass is 306 g/mol. The molecule has 6 nitrogen and oxygen atoms in total. The van der Waals surface area contributed by atoms with Crippen LogP contribution in [0.4, 0.5) is 4.79 Å². The van der Waals surface area contributed by atoms with Crippen LogP contribution < -0.4 is 5.32 Å². The van der Waals surface area contributed by atoms with Gasteiger partial charge in [0.15, 0.2) is 0 Å². The van der Waals surface area contributed by atoms with Crippen LogP contribution >= 0.6 is 0 Å². The second-order valence-corrected chi connectivity index (χ2v) is 5.85. The SMILES string of the molecule is CC(Cc1cccc(O)c1)NC(=O)N1CCCC(C(=O)O)C1. The fourth-order valence-corrected chi connectivity index (χ4v) is 2.75. The summed E-state index contributed by atoms with van der Waals surface area (Å²) in [6, 6.07) is 6.61. The topological polar surface area (TPSA) is 89.9 Å². The average Bonchev–Trinajstić information content (AvgIpc) is 2.47. The molecule has 6 heteroatoms. The van der Waals surface area contributed by atoms with E-state index < -0.39 is 11.9 Å². The minimum Gasteiger partial charge on any atom is -0.508 e. The maximum Gasteiger partial charge on any atom is 0.317 e. The third-order valence-electron chi connectivity index (χ3n) is 3.88. The zero-order chi connectivity index (χ0) is 16.1. The molecule has 1 heterocycles. The van der Waals surface area contributed by atoms with Crippen molar-refractivity contribution in [1.29, 1.82) is 0 Å². The van der Waals surface area contributed by atoms with Gasteiger partial charge in [0.1, 0.15) is 5.75 Å². The molecule has 0 spiro atoms. The lowest BCUT2D eigenvalue weighted by Gasteiger charge is -2.31. The lowest BCUT2D eigenvalue weighted by molar-refractivity contribution is -0.143. The largest absolute Gasteiger partial charge is 0.508 e. The first-order valence-electron chi connectivity index (χ1n) is 7.52. The quantitative estimate of drug-likeness (QED) is 0.791. The number of carboxylic acids is 1. The fraction of sp³-hybridized carbons (Fsp3) is 0.500. The number of likely N-dealkylation sites (tertiary alicyclic amines) is 1. The Morgan fingerprint density at radius 2 is 2.23 bits per heavy atom. The Bertz CT molecular complexity index is 547. The van der Waals surface area contributed by atoms with Crippen molar-refractivity contribution in [2.75, 3.05) is 13.1 Å². The van der Waals surface area contributed by atoms with E-state index in [1.165, 1.54) is 0 Å². The molecule has 120 valence electrons. The van der Waals surface area contributed by atoms with Crippen molar-refractivity contribution in [3.63, 3.8) is 0 Å². The van der Waals surface area contributed by atoms with E-state index in [0.717, 1.165) is 5.56 Å². The highest BCUT2D eigenvalue weighted by molar-refractivity contribution is 5.76. The Morgan fingerprint density at radius 3 is 2.91 bits per heavy atom. The zero-order valence-electron chi connectivity index (χ0n) is 12.7. The van der Waals surface area contributed by atoms with E-state index in [4.69, 9.17) is 5.11 Å². The van der Waals surface area contributed by atoms with Crippen molar-refractivity contribution in [2.45, 2.75) is 32.2 Å². The molecule has 1 aliphatic heterocycles. The number of rotatable bonds is 4. The molecule has 1 aliphatic rings. The Balaban J connectivity index is 1.86. The number of nitrogens with one attached hydrogen (secondary N) is 1. The molecule has 3 N–H and O–H groups in total. The highest BCUT2D eigenvalue weighted by Gasteiger charge is 2.28. The van der Waals surface area contributed by atoms with Gasteiger partial charge in [0.05, 0.1) is 5.92 Å². The van der Waals surface area contributed by atoms with Gasteiger partial charge in [-0.05, 0) is 43.9 Å². The third-order valence-corrected chi connectivity index (χ3v) is 3.88.